The minimum absolute atomic E-state index is 0.0856. The van der Waals surface area contributed by atoms with Crippen molar-refractivity contribution in [1.82, 2.24) is 4.90 Å². The molecule has 1 aliphatic heterocycles. The van der Waals surface area contributed by atoms with Crippen molar-refractivity contribution in [1.29, 1.82) is 0 Å². The van der Waals surface area contributed by atoms with Crippen molar-refractivity contribution < 1.29 is 9.59 Å². The van der Waals surface area contributed by atoms with Crippen LogP contribution in [0.1, 0.15) is 70.4 Å². The highest BCUT2D eigenvalue weighted by Gasteiger charge is 2.59. The fraction of sp³-hybridized carbons (Fsp3) is 0.462. The molecular formula is C26H27NO2. The standard InChI is InChI=1S/C26H27NO2/c1-17-6-8-20(9-7-17)26-13-18-10-19(14-26)12-25(11-18,15-26)16-27-23(28)21-4-2-3-5-22(21)24(27)29/h2-9,18-19H,10-16H2,1H3/t18-,19-,25?,26?/m1/s1. The van der Waals surface area contributed by atoms with Crippen LogP contribution in [-0.2, 0) is 5.41 Å². The molecule has 1 heterocycles. The molecule has 2 atom stereocenters. The Kier molecular flexibility index (Phi) is 3.49. The van der Waals surface area contributed by atoms with Crippen LogP contribution in [0.3, 0.4) is 0 Å². The fourth-order valence-corrected chi connectivity index (χ4v) is 7.60. The van der Waals surface area contributed by atoms with E-state index in [9.17, 15) is 9.59 Å². The number of benzene rings is 2. The number of amides is 2. The molecule has 3 nitrogen and oxygen atoms in total. The summed E-state index contributed by atoms with van der Waals surface area (Å²) in [5, 5.41) is 0. The van der Waals surface area contributed by atoms with Crippen LogP contribution in [0.2, 0.25) is 0 Å². The van der Waals surface area contributed by atoms with Gasteiger partial charge in [-0.15, -0.1) is 0 Å². The summed E-state index contributed by atoms with van der Waals surface area (Å²) in [5.74, 6) is 1.27. The lowest BCUT2D eigenvalue weighted by molar-refractivity contribution is -0.0794. The molecule has 0 radical (unpaired) electrons. The van der Waals surface area contributed by atoms with Crippen molar-refractivity contribution >= 4 is 11.8 Å². The Morgan fingerprint density at radius 2 is 1.45 bits per heavy atom. The van der Waals surface area contributed by atoms with Gasteiger partial charge >= 0.3 is 0 Å². The van der Waals surface area contributed by atoms with E-state index in [-0.39, 0.29) is 22.6 Å². The third-order valence-electron chi connectivity index (χ3n) is 8.22. The first-order valence-corrected chi connectivity index (χ1v) is 11.0. The average Bonchev–Trinajstić information content (AvgIpc) is 2.92. The quantitative estimate of drug-likeness (QED) is 0.687. The molecule has 4 bridgehead atoms. The number of carbonyl (C=O) groups excluding carboxylic acids is 2. The van der Waals surface area contributed by atoms with Gasteiger partial charge in [-0.25, -0.2) is 0 Å². The molecule has 7 rings (SSSR count). The first-order chi connectivity index (χ1) is 14.0. The molecule has 2 amide bonds. The summed E-state index contributed by atoms with van der Waals surface area (Å²) >= 11 is 0. The van der Waals surface area contributed by atoms with E-state index >= 15 is 0 Å². The smallest absolute Gasteiger partial charge is 0.261 e. The predicted molar refractivity (Wildman–Crippen MR) is 112 cm³/mol. The molecule has 5 aliphatic rings. The molecule has 4 fully saturated rings. The largest absolute Gasteiger partial charge is 0.274 e. The van der Waals surface area contributed by atoms with E-state index < -0.39 is 0 Å². The third-order valence-corrected chi connectivity index (χ3v) is 8.22. The molecule has 4 saturated carbocycles. The van der Waals surface area contributed by atoms with Gasteiger partial charge < -0.3 is 0 Å². The highest BCUT2D eigenvalue weighted by molar-refractivity contribution is 6.21. The lowest BCUT2D eigenvalue weighted by Crippen LogP contribution is -2.57. The molecule has 0 saturated heterocycles. The summed E-state index contributed by atoms with van der Waals surface area (Å²) in [5.41, 5.74) is 4.26. The van der Waals surface area contributed by atoms with E-state index in [1.807, 2.05) is 12.1 Å². The summed E-state index contributed by atoms with van der Waals surface area (Å²) in [4.78, 5) is 27.6. The van der Waals surface area contributed by atoms with Crippen LogP contribution in [0, 0.1) is 24.2 Å². The number of aryl methyl sites for hydroxylation is 1. The number of imide groups is 1. The maximum atomic E-state index is 13.0. The van der Waals surface area contributed by atoms with Crippen molar-refractivity contribution in [3.63, 3.8) is 0 Å². The van der Waals surface area contributed by atoms with Gasteiger partial charge in [0.25, 0.3) is 11.8 Å². The average molecular weight is 386 g/mol. The summed E-state index contributed by atoms with van der Waals surface area (Å²) in [6.45, 7) is 2.74. The number of hydrogen-bond acceptors (Lipinski definition) is 2. The van der Waals surface area contributed by atoms with Gasteiger partial charge in [-0.1, -0.05) is 42.0 Å². The maximum absolute atomic E-state index is 13.0. The lowest BCUT2D eigenvalue weighted by Gasteiger charge is -2.63. The molecule has 3 heteroatoms. The van der Waals surface area contributed by atoms with E-state index in [2.05, 4.69) is 31.2 Å². The molecule has 29 heavy (non-hydrogen) atoms. The third kappa shape index (κ3) is 2.49. The first-order valence-electron chi connectivity index (χ1n) is 11.0. The summed E-state index contributed by atoms with van der Waals surface area (Å²) in [6, 6.07) is 16.4. The Morgan fingerprint density at radius 3 is 2.03 bits per heavy atom. The second-order valence-electron chi connectivity index (χ2n) is 10.3. The molecular weight excluding hydrogens is 358 g/mol. The zero-order valence-electron chi connectivity index (χ0n) is 17.0. The minimum Gasteiger partial charge on any atom is -0.274 e. The second-order valence-corrected chi connectivity index (χ2v) is 10.3. The molecule has 4 aliphatic carbocycles. The number of hydrogen-bond donors (Lipinski definition) is 0. The number of fused-ring (bicyclic) bond motifs is 1. The molecule has 0 N–H and O–H groups in total. The first kappa shape index (κ1) is 17.4. The molecule has 2 aromatic carbocycles. The van der Waals surface area contributed by atoms with Crippen LogP contribution < -0.4 is 0 Å². The molecule has 0 aromatic heterocycles. The Morgan fingerprint density at radius 1 is 0.862 bits per heavy atom. The van der Waals surface area contributed by atoms with Crippen LogP contribution in [0.25, 0.3) is 0 Å². The van der Waals surface area contributed by atoms with Crippen LogP contribution in [0.15, 0.2) is 48.5 Å². The Hall–Kier alpha value is -2.42. The van der Waals surface area contributed by atoms with E-state index in [1.54, 1.807) is 17.0 Å². The highest BCUT2D eigenvalue weighted by Crippen LogP contribution is 2.66. The molecule has 0 unspecified atom stereocenters. The fourth-order valence-electron chi connectivity index (χ4n) is 7.60. The zero-order chi connectivity index (χ0) is 19.8. The number of carbonyl (C=O) groups is 2. The van der Waals surface area contributed by atoms with Gasteiger partial charge in [0.15, 0.2) is 0 Å². The molecule has 2 aromatic rings. The Labute approximate surface area is 172 Å². The topological polar surface area (TPSA) is 37.4 Å². The number of nitrogens with zero attached hydrogens (tertiary/aromatic N) is 1. The van der Waals surface area contributed by atoms with Gasteiger partial charge in [0.05, 0.1) is 11.1 Å². The van der Waals surface area contributed by atoms with E-state index in [0.29, 0.717) is 17.7 Å². The number of rotatable bonds is 3. The lowest BCUT2D eigenvalue weighted by atomic mass is 9.43. The molecule has 148 valence electrons. The second kappa shape index (κ2) is 5.81. The minimum atomic E-state index is -0.0919. The van der Waals surface area contributed by atoms with Gasteiger partial charge in [-0.3, -0.25) is 14.5 Å². The van der Waals surface area contributed by atoms with Crippen molar-refractivity contribution in [2.45, 2.75) is 50.9 Å². The summed E-state index contributed by atoms with van der Waals surface area (Å²) in [6.07, 6.45) is 7.34. The van der Waals surface area contributed by atoms with E-state index in [1.165, 1.54) is 43.2 Å². The van der Waals surface area contributed by atoms with Crippen LogP contribution in [0.4, 0.5) is 0 Å². The van der Waals surface area contributed by atoms with Crippen LogP contribution in [0.5, 0.6) is 0 Å². The van der Waals surface area contributed by atoms with E-state index in [0.717, 1.165) is 18.3 Å². The Bertz CT molecular complexity index is 972. The van der Waals surface area contributed by atoms with Crippen molar-refractivity contribution in [3.05, 3.63) is 70.8 Å². The summed E-state index contributed by atoms with van der Waals surface area (Å²) in [7, 11) is 0. The molecule has 0 spiro atoms. The maximum Gasteiger partial charge on any atom is 0.261 e. The predicted octanol–water partition coefficient (Wildman–Crippen LogP) is 5.13. The van der Waals surface area contributed by atoms with Gasteiger partial charge in [0, 0.05) is 6.54 Å². The van der Waals surface area contributed by atoms with Crippen molar-refractivity contribution in [2.24, 2.45) is 17.3 Å². The van der Waals surface area contributed by atoms with Gasteiger partial charge in [-0.2, -0.15) is 0 Å². The van der Waals surface area contributed by atoms with Gasteiger partial charge in [0.1, 0.15) is 0 Å². The summed E-state index contributed by atoms with van der Waals surface area (Å²) < 4.78 is 0. The van der Waals surface area contributed by atoms with E-state index in [4.69, 9.17) is 0 Å². The zero-order valence-corrected chi connectivity index (χ0v) is 17.0. The van der Waals surface area contributed by atoms with Crippen molar-refractivity contribution in [2.75, 3.05) is 6.54 Å². The van der Waals surface area contributed by atoms with Gasteiger partial charge in [-0.05, 0) is 85.8 Å². The highest BCUT2D eigenvalue weighted by atomic mass is 16.2. The van der Waals surface area contributed by atoms with Crippen LogP contribution >= 0.6 is 0 Å². The normalized spacial score (nSPS) is 34.7. The SMILES string of the molecule is Cc1ccc(C23C[C@@H]4C[C@H](CC(CN5C(=O)c6ccccc6C5=O)(C4)C2)C3)cc1. The van der Waals surface area contributed by atoms with Gasteiger partial charge in [0.2, 0.25) is 0 Å². The Balaban J connectivity index is 1.35. The van der Waals surface area contributed by atoms with Crippen molar-refractivity contribution in [3.8, 4) is 0 Å². The van der Waals surface area contributed by atoms with Crippen LogP contribution in [-0.4, -0.2) is 23.3 Å². The monoisotopic (exact) mass is 385 g/mol.